The Hall–Kier alpha value is -3.48. The summed E-state index contributed by atoms with van der Waals surface area (Å²) < 4.78 is 1.77. The minimum Gasteiger partial charge on any atom is -0.478 e. The lowest BCUT2D eigenvalue weighted by Gasteiger charge is -2.30. The first-order chi connectivity index (χ1) is 16.8. The number of benzene rings is 2. The Morgan fingerprint density at radius 3 is 2.63 bits per heavy atom. The smallest absolute Gasteiger partial charge is 0.336 e. The predicted molar refractivity (Wildman–Crippen MR) is 140 cm³/mol. The van der Waals surface area contributed by atoms with E-state index in [0.717, 1.165) is 45.9 Å². The highest BCUT2D eigenvalue weighted by Crippen LogP contribution is 2.36. The number of rotatable bonds is 4. The van der Waals surface area contributed by atoms with E-state index in [9.17, 15) is 9.90 Å². The van der Waals surface area contributed by atoms with Crippen LogP contribution in [-0.4, -0.2) is 43.8 Å². The molecule has 5 rings (SSSR count). The van der Waals surface area contributed by atoms with Crippen LogP contribution in [0.1, 0.15) is 50.9 Å². The molecule has 178 valence electrons. The summed E-state index contributed by atoms with van der Waals surface area (Å²) >= 11 is 6.90. The SMILES string of the molecule is CCN1C/C(=C/c2c(C)nn(-c3ccc(C)cc3C)c2Cl)c2nc3ccccc3c(C(=O)O)c2C1. The molecule has 0 amide bonds. The van der Waals surface area contributed by atoms with E-state index in [1.165, 1.54) is 5.56 Å². The fraction of sp³-hybridized carbons (Fsp3) is 0.250. The molecule has 1 aliphatic heterocycles. The highest BCUT2D eigenvalue weighted by Gasteiger charge is 2.28. The molecule has 0 fully saturated rings. The van der Waals surface area contributed by atoms with Gasteiger partial charge in [0, 0.05) is 29.6 Å². The Bertz CT molecular complexity index is 1520. The maximum Gasteiger partial charge on any atom is 0.336 e. The normalized spacial score (nSPS) is 15.1. The van der Waals surface area contributed by atoms with E-state index in [0.29, 0.717) is 34.7 Å². The number of carboxylic acids is 1. The quantitative estimate of drug-likeness (QED) is 0.379. The number of para-hydroxylation sites is 1. The van der Waals surface area contributed by atoms with Crippen molar-refractivity contribution in [1.29, 1.82) is 0 Å². The van der Waals surface area contributed by atoms with Crippen molar-refractivity contribution >= 4 is 40.1 Å². The second kappa shape index (κ2) is 8.95. The van der Waals surface area contributed by atoms with Gasteiger partial charge in [-0.25, -0.2) is 14.5 Å². The first-order valence-corrected chi connectivity index (χ1v) is 12.1. The van der Waals surface area contributed by atoms with Gasteiger partial charge in [-0.2, -0.15) is 5.10 Å². The minimum atomic E-state index is -0.936. The molecule has 2 aromatic heterocycles. The highest BCUT2D eigenvalue weighted by atomic mass is 35.5. The molecular formula is C28H27ClN4O2. The topological polar surface area (TPSA) is 71.2 Å². The van der Waals surface area contributed by atoms with Crippen molar-refractivity contribution in [2.75, 3.05) is 13.1 Å². The number of hydrogen-bond donors (Lipinski definition) is 1. The molecule has 6 nitrogen and oxygen atoms in total. The van der Waals surface area contributed by atoms with Crippen LogP contribution in [0.4, 0.5) is 0 Å². The van der Waals surface area contributed by atoms with Gasteiger partial charge in [0.2, 0.25) is 0 Å². The molecule has 7 heteroatoms. The molecular weight excluding hydrogens is 460 g/mol. The summed E-state index contributed by atoms with van der Waals surface area (Å²) in [6.07, 6.45) is 2.03. The number of halogens is 1. The van der Waals surface area contributed by atoms with Crippen LogP contribution in [0.3, 0.4) is 0 Å². The highest BCUT2D eigenvalue weighted by molar-refractivity contribution is 6.31. The maximum absolute atomic E-state index is 12.4. The summed E-state index contributed by atoms with van der Waals surface area (Å²) in [7, 11) is 0. The number of pyridine rings is 1. The molecule has 35 heavy (non-hydrogen) atoms. The van der Waals surface area contributed by atoms with Gasteiger partial charge in [0.05, 0.1) is 28.2 Å². The second-order valence-electron chi connectivity index (χ2n) is 9.10. The molecule has 1 N–H and O–H groups in total. The Kier molecular flexibility index (Phi) is 5.95. The molecule has 0 bridgehead atoms. The van der Waals surface area contributed by atoms with Gasteiger partial charge in [0.1, 0.15) is 5.15 Å². The number of likely N-dealkylation sites (N-methyl/N-ethyl adjacent to an activating group) is 1. The lowest BCUT2D eigenvalue weighted by molar-refractivity contribution is 0.0696. The Labute approximate surface area is 209 Å². The van der Waals surface area contributed by atoms with Crippen molar-refractivity contribution in [2.24, 2.45) is 0 Å². The molecule has 0 unspecified atom stereocenters. The fourth-order valence-corrected chi connectivity index (χ4v) is 5.22. The van der Waals surface area contributed by atoms with Gasteiger partial charge in [0.25, 0.3) is 0 Å². The van der Waals surface area contributed by atoms with Crippen molar-refractivity contribution in [3.8, 4) is 5.69 Å². The number of carboxylic acid groups (broad SMARTS) is 1. The van der Waals surface area contributed by atoms with Crippen LogP contribution in [0.25, 0.3) is 28.2 Å². The van der Waals surface area contributed by atoms with Crippen LogP contribution in [0.2, 0.25) is 5.15 Å². The van der Waals surface area contributed by atoms with Crippen molar-refractivity contribution in [2.45, 2.75) is 34.2 Å². The molecule has 4 aromatic rings. The summed E-state index contributed by atoms with van der Waals surface area (Å²) in [5.74, 6) is -0.936. The number of fused-ring (bicyclic) bond motifs is 2. The lowest BCUT2D eigenvalue weighted by atomic mass is 9.92. The molecule has 0 spiro atoms. The second-order valence-corrected chi connectivity index (χ2v) is 9.46. The van der Waals surface area contributed by atoms with E-state index >= 15 is 0 Å². The first-order valence-electron chi connectivity index (χ1n) is 11.7. The Morgan fingerprint density at radius 2 is 1.91 bits per heavy atom. The van der Waals surface area contributed by atoms with E-state index in [-0.39, 0.29) is 0 Å². The van der Waals surface area contributed by atoms with Gasteiger partial charge in [0.15, 0.2) is 0 Å². The standard InChI is InChI=1S/C28H27ClN4O2/c1-5-32-14-19(26-22(15-32)25(28(34)35)20-8-6-7-9-23(20)30-26)13-21-18(4)31-33(27(21)29)24-11-10-16(2)12-17(24)3/h6-13H,5,14-15H2,1-4H3,(H,34,35)/b19-13-. The summed E-state index contributed by atoms with van der Waals surface area (Å²) in [5, 5.41) is 16.1. The van der Waals surface area contributed by atoms with Gasteiger partial charge >= 0.3 is 5.97 Å². The predicted octanol–water partition coefficient (Wildman–Crippen LogP) is 6.07. The minimum absolute atomic E-state index is 0.323. The van der Waals surface area contributed by atoms with Crippen LogP contribution in [-0.2, 0) is 6.54 Å². The first kappa shape index (κ1) is 23.3. The molecule has 0 aliphatic carbocycles. The number of nitrogens with zero attached hydrogens (tertiary/aromatic N) is 4. The Morgan fingerprint density at radius 1 is 1.14 bits per heavy atom. The number of aryl methyl sites for hydroxylation is 3. The third-order valence-electron chi connectivity index (χ3n) is 6.68. The summed E-state index contributed by atoms with van der Waals surface area (Å²) in [5.41, 5.74) is 8.22. The van der Waals surface area contributed by atoms with Crippen LogP contribution in [0.15, 0.2) is 42.5 Å². The summed E-state index contributed by atoms with van der Waals surface area (Å²) in [6, 6.07) is 13.6. The molecule has 0 saturated carbocycles. The van der Waals surface area contributed by atoms with Crippen molar-refractivity contribution in [3.63, 3.8) is 0 Å². The molecule has 2 aromatic carbocycles. The van der Waals surface area contributed by atoms with Gasteiger partial charge in [-0.05, 0) is 56.7 Å². The van der Waals surface area contributed by atoms with E-state index in [1.54, 1.807) is 4.68 Å². The zero-order chi connectivity index (χ0) is 24.9. The number of aromatic carboxylic acids is 1. The van der Waals surface area contributed by atoms with Crippen molar-refractivity contribution < 1.29 is 9.90 Å². The molecule has 0 atom stereocenters. The van der Waals surface area contributed by atoms with Gasteiger partial charge in [-0.3, -0.25) is 4.90 Å². The van der Waals surface area contributed by atoms with Gasteiger partial charge < -0.3 is 5.11 Å². The largest absolute Gasteiger partial charge is 0.478 e. The van der Waals surface area contributed by atoms with Crippen LogP contribution in [0.5, 0.6) is 0 Å². The average molecular weight is 487 g/mol. The number of aromatic nitrogens is 3. The Balaban J connectivity index is 1.72. The van der Waals surface area contributed by atoms with Gasteiger partial charge in [-0.15, -0.1) is 0 Å². The van der Waals surface area contributed by atoms with E-state index in [4.69, 9.17) is 21.7 Å². The molecule has 3 heterocycles. The van der Waals surface area contributed by atoms with Crippen LogP contribution < -0.4 is 0 Å². The summed E-state index contributed by atoms with van der Waals surface area (Å²) in [4.78, 5) is 19.5. The van der Waals surface area contributed by atoms with Gasteiger partial charge in [-0.1, -0.05) is 54.4 Å². The van der Waals surface area contributed by atoms with Crippen LogP contribution >= 0.6 is 11.6 Å². The zero-order valence-electron chi connectivity index (χ0n) is 20.3. The molecule has 0 saturated heterocycles. The maximum atomic E-state index is 12.4. The third-order valence-corrected chi connectivity index (χ3v) is 7.04. The number of carbonyl (C=O) groups is 1. The van der Waals surface area contributed by atoms with Crippen LogP contribution in [0, 0.1) is 20.8 Å². The van der Waals surface area contributed by atoms with E-state index < -0.39 is 5.97 Å². The molecule has 0 radical (unpaired) electrons. The zero-order valence-corrected chi connectivity index (χ0v) is 21.0. The van der Waals surface area contributed by atoms with Crippen molar-refractivity contribution in [3.05, 3.63) is 86.8 Å². The number of hydrogen-bond acceptors (Lipinski definition) is 4. The fourth-order valence-electron chi connectivity index (χ4n) is 4.90. The third kappa shape index (κ3) is 4.03. The molecule has 1 aliphatic rings. The van der Waals surface area contributed by atoms with E-state index in [2.05, 4.69) is 24.8 Å². The van der Waals surface area contributed by atoms with E-state index in [1.807, 2.05) is 56.3 Å². The monoisotopic (exact) mass is 486 g/mol. The summed E-state index contributed by atoms with van der Waals surface area (Å²) in [6.45, 7) is 10.1. The lowest BCUT2D eigenvalue weighted by Crippen LogP contribution is -2.31. The van der Waals surface area contributed by atoms with Crippen molar-refractivity contribution in [1.82, 2.24) is 19.7 Å². The average Bonchev–Trinajstić information content (AvgIpc) is 3.10.